The summed E-state index contributed by atoms with van der Waals surface area (Å²) in [6, 6.07) is 3.14. The summed E-state index contributed by atoms with van der Waals surface area (Å²) in [7, 11) is 1.28. The van der Waals surface area contributed by atoms with Crippen LogP contribution >= 0.6 is 11.6 Å². The first kappa shape index (κ1) is 8.80. The second-order valence-electron chi connectivity index (χ2n) is 1.98. The minimum absolute atomic E-state index is 0.370. The van der Waals surface area contributed by atoms with Crippen molar-refractivity contribution >= 4 is 23.5 Å². The summed E-state index contributed by atoms with van der Waals surface area (Å²) < 4.78 is 4.36. The summed E-state index contributed by atoms with van der Waals surface area (Å²) in [6.45, 7) is 0. The quantitative estimate of drug-likeness (QED) is 0.729. The number of anilines is 1. The van der Waals surface area contributed by atoms with E-state index in [0.717, 1.165) is 0 Å². The highest BCUT2D eigenvalue weighted by molar-refractivity contribution is 6.30. The van der Waals surface area contributed by atoms with E-state index >= 15 is 0 Å². The molecule has 12 heavy (non-hydrogen) atoms. The lowest BCUT2D eigenvalue weighted by Crippen LogP contribution is -2.11. The van der Waals surface area contributed by atoms with Crippen LogP contribution in [-0.2, 0) is 4.74 Å². The van der Waals surface area contributed by atoms with Crippen molar-refractivity contribution < 1.29 is 9.53 Å². The van der Waals surface area contributed by atoms with Crippen molar-refractivity contribution in [3.63, 3.8) is 0 Å². The zero-order valence-corrected chi connectivity index (χ0v) is 7.13. The summed E-state index contributed by atoms with van der Waals surface area (Å²) in [6.07, 6.45) is 0.929. The maximum Gasteiger partial charge on any atom is 0.412 e. The molecule has 0 atom stereocenters. The zero-order chi connectivity index (χ0) is 8.97. The van der Waals surface area contributed by atoms with Gasteiger partial charge >= 0.3 is 6.09 Å². The Morgan fingerprint density at radius 1 is 1.75 bits per heavy atom. The Kier molecular flexibility index (Phi) is 2.88. The molecule has 0 aliphatic rings. The molecule has 0 saturated carbocycles. The Morgan fingerprint density at radius 3 is 3.08 bits per heavy atom. The number of carbonyl (C=O) groups excluding carboxylic acids is 1. The van der Waals surface area contributed by atoms with Gasteiger partial charge in [0, 0.05) is 11.2 Å². The molecule has 1 aromatic heterocycles. The summed E-state index contributed by atoms with van der Waals surface area (Å²) in [4.78, 5) is 14.5. The molecule has 0 saturated heterocycles. The largest absolute Gasteiger partial charge is 0.453 e. The van der Waals surface area contributed by atoms with E-state index < -0.39 is 6.09 Å². The van der Waals surface area contributed by atoms with Gasteiger partial charge in [0.1, 0.15) is 5.82 Å². The van der Waals surface area contributed by atoms with Crippen LogP contribution in [0.5, 0.6) is 0 Å². The van der Waals surface area contributed by atoms with Crippen LogP contribution in [0.2, 0.25) is 5.02 Å². The van der Waals surface area contributed by atoms with Crippen molar-refractivity contribution in [2.24, 2.45) is 0 Å². The monoisotopic (exact) mass is 186 g/mol. The molecule has 1 aromatic rings. The molecule has 64 valence electrons. The third kappa shape index (κ3) is 2.39. The number of ether oxygens (including phenoxy) is 1. The van der Waals surface area contributed by atoms with Gasteiger partial charge in [0.15, 0.2) is 0 Å². The molecular formula is C7H7ClN2O2. The molecule has 0 aromatic carbocycles. The number of nitrogens with one attached hydrogen (secondary N) is 1. The fourth-order valence-electron chi connectivity index (χ4n) is 0.629. The third-order valence-corrected chi connectivity index (χ3v) is 1.37. The SMILES string of the molecule is COC(=O)Nc1cc(Cl)ccn1. The van der Waals surface area contributed by atoms with Crippen molar-refractivity contribution in [1.82, 2.24) is 4.98 Å². The molecular weight excluding hydrogens is 180 g/mol. The van der Waals surface area contributed by atoms with Crippen LogP contribution < -0.4 is 5.32 Å². The highest BCUT2D eigenvalue weighted by atomic mass is 35.5. The number of methoxy groups -OCH3 is 1. The summed E-state index contributed by atoms with van der Waals surface area (Å²) in [5.74, 6) is 0.370. The van der Waals surface area contributed by atoms with E-state index in [0.29, 0.717) is 10.8 Å². The maximum atomic E-state index is 10.7. The van der Waals surface area contributed by atoms with Crippen LogP contribution in [-0.4, -0.2) is 18.2 Å². The lowest BCUT2D eigenvalue weighted by Gasteiger charge is -2.01. The lowest BCUT2D eigenvalue weighted by atomic mass is 10.5. The maximum absolute atomic E-state index is 10.7. The minimum atomic E-state index is -0.565. The molecule has 1 amide bonds. The molecule has 1 N–H and O–H groups in total. The molecule has 0 radical (unpaired) electrons. The van der Waals surface area contributed by atoms with E-state index in [2.05, 4.69) is 15.0 Å². The van der Waals surface area contributed by atoms with Crippen LogP contribution in [0.25, 0.3) is 0 Å². The minimum Gasteiger partial charge on any atom is -0.453 e. The van der Waals surface area contributed by atoms with Crippen molar-refractivity contribution in [3.8, 4) is 0 Å². The van der Waals surface area contributed by atoms with Gasteiger partial charge in [-0.15, -0.1) is 0 Å². The van der Waals surface area contributed by atoms with E-state index in [1.807, 2.05) is 0 Å². The first-order valence-corrected chi connectivity index (χ1v) is 3.56. The number of aromatic nitrogens is 1. The summed E-state index contributed by atoms with van der Waals surface area (Å²) in [5.41, 5.74) is 0. The van der Waals surface area contributed by atoms with Crippen LogP contribution in [0.4, 0.5) is 10.6 Å². The van der Waals surface area contributed by atoms with E-state index in [1.54, 1.807) is 6.07 Å². The topological polar surface area (TPSA) is 51.2 Å². The predicted molar refractivity (Wildman–Crippen MR) is 45.3 cm³/mol. The number of hydrogen-bond donors (Lipinski definition) is 1. The van der Waals surface area contributed by atoms with Gasteiger partial charge in [-0.2, -0.15) is 0 Å². The first-order chi connectivity index (χ1) is 5.72. The average molecular weight is 187 g/mol. The molecule has 0 fully saturated rings. The Balaban J connectivity index is 2.69. The Labute approximate surface area is 74.5 Å². The Hall–Kier alpha value is -1.29. The number of halogens is 1. The molecule has 1 heterocycles. The van der Waals surface area contributed by atoms with Gasteiger partial charge in [-0.05, 0) is 12.1 Å². The molecule has 5 heteroatoms. The van der Waals surface area contributed by atoms with Gasteiger partial charge in [-0.25, -0.2) is 9.78 Å². The van der Waals surface area contributed by atoms with Gasteiger partial charge in [0.25, 0.3) is 0 Å². The van der Waals surface area contributed by atoms with Gasteiger partial charge in [0.05, 0.1) is 7.11 Å². The van der Waals surface area contributed by atoms with Crippen molar-refractivity contribution in [2.75, 3.05) is 12.4 Å². The van der Waals surface area contributed by atoms with Gasteiger partial charge in [-0.3, -0.25) is 5.32 Å². The molecule has 0 spiro atoms. The average Bonchev–Trinajstić information content (AvgIpc) is 2.04. The number of amides is 1. The molecule has 4 nitrogen and oxygen atoms in total. The predicted octanol–water partition coefficient (Wildman–Crippen LogP) is 1.91. The van der Waals surface area contributed by atoms with Gasteiger partial charge in [0.2, 0.25) is 0 Å². The Morgan fingerprint density at radius 2 is 2.50 bits per heavy atom. The third-order valence-electron chi connectivity index (χ3n) is 1.14. The van der Waals surface area contributed by atoms with E-state index in [-0.39, 0.29) is 0 Å². The fourth-order valence-corrected chi connectivity index (χ4v) is 0.788. The van der Waals surface area contributed by atoms with Crippen LogP contribution in [0.3, 0.4) is 0 Å². The van der Waals surface area contributed by atoms with Crippen LogP contribution in [0.15, 0.2) is 18.3 Å². The lowest BCUT2D eigenvalue weighted by molar-refractivity contribution is 0.187. The molecule has 0 aliphatic heterocycles. The molecule has 0 bridgehead atoms. The van der Waals surface area contributed by atoms with Crippen LogP contribution in [0, 0.1) is 0 Å². The number of nitrogens with zero attached hydrogens (tertiary/aromatic N) is 1. The van der Waals surface area contributed by atoms with E-state index in [4.69, 9.17) is 11.6 Å². The molecule has 0 unspecified atom stereocenters. The molecule has 1 rings (SSSR count). The number of carbonyl (C=O) groups is 1. The standard InChI is InChI=1S/C7H7ClN2O2/c1-12-7(11)10-6-4-5(8)2-3-9-6/h2-4H,1H3,(H,9,10,11). The number of pyridine rings is 1. The first-order valence-electron chi connectivity index (χ1n) is 3.19. The second-order valence-corrected chi connectivity index (χ2v) is 2.41. The van der Waals surface area contributed by atoms with Gasteiger partial charge in [-0.1, -0.05) is 11.6 Å². The Bertz CT molecular complexity index is 290. The van der Waals surface area contributed by atoms with Crippen LogP contribution in [0.1, 0.15) is 0 Å². The second kappa shape index (κ2) is 3.92. The smallest absolute Gasteiger partial charge is 0.412 e. The number of rotatable bonds is 1. The van der Waals surface area contributed by atoms with Crippen molar-refractivity contribution in [3.05, 3.63) is 23.4 Å². The van der Waals surface area contributed by atoms with Gasteiger partial charge < -0.3 is 4.74 Å². The van der Waals surface area contributed by atoms with Crippen molar-refractivity contribution in [2.45, 2.75) is 0 Å². The van der Waals surface area contributed by atoms with Crippen molar-refractivity contribution in [1.29, 1.82) is 0 Å². The highest BCUT2D eigenvalue weighted by Gasteiger charge is 2.00. The van der Waals surface area contributed by atoms with E-state index in [1.165, 1.54) is 19.4 Å². The van der Waals surface area contributed by atoms with E-state index in [9.17, 15) is 4.79 Å². The summed E-state index contributed by atoms with van der Waals surface area (Å²) >= 11 is 5.64. The molecule has 0 aliphatic carbocycles. The highest BCUT2D eigenvalue weighted by Crippen LogP contribution is 2.11. The summed E-state index contributed by atoms with van der Waals surface area (Å²) in [5, 5.41) is 2.89. The normalized spacial score (nSPS) is 9.17. The fraction of sp³-hybridized carbons (Fsp3) is 0.143. The number of hydrogen-bond acceptors (Lipinski definition) is 3. The zero-order valence-electron chi connectivity index (χ0n) is 6.37.